The van der Waals surface area contributed by atoms with Crippen LogP contribution in [0.4, 0.5) is 0 Å². The molecule has 6 nitrogen and oxygen atoms in total. The van der Waals surface area contributed by atoms with Crippen molar-refractivity contribution >= 4 is 21.6 Å². The van der Waals surface area contributed by atoms with E-state index in [9.17, 15) is 8.42 Å². The molecule has 0 spiro atoms. The summed E-state index contributed by atoms with van der Waals surface area (Å²) in [6.07, 6.45) is 0. The predicted octanol–water partition coefficient (Wildman–Crippen LogP) is 2.47. The van der Waals surface area contributed by atoms with Gasteiger partial charge in [-0.2, -0.15) is 9.40 Å². The molecule has 0 atom stereocenters. The molecule has 0 radical (unpaired) electrons. The van der Waals surface area contributed by atoms with Crippen molar-refractivity contribution in [1.29, 1.82) is 0 Å². The Morgan fingerprint density at radius 1 is 1.08 bits per heavy atom. The second-order valence-corrected chi connectivity index (χ2v) is 8.54. The second-order valence-electron chi connectivity index (χ2n) is 6.23. The molecule has 1 fully saturated rings. The van der Waals surface area contributed by atoms with Gasteiger partial charge < -0.3 is 4.90 Å². The zero-order chi connectivity index (χ0) is 18.2. The molecular formula is C17H23ClN4O2S. The van der Waals surface area contributed by atoms with Gasteiger partial charge in [0, 0.05) is 31.2 Å². The van der Waals surface area contributed by atoms with Crippen LogP contribution in [-0.2, 0) is 10.0 Å². The Labute approximate surface area is 154 Å². The molecule has 25 heavy (non-hydrogen) atoms. The van der Waals surface area contributed by atoms with E-state index < -0.39 is 10.0 Å². The third-order valence-electron chi connectivity index (χ3n) is 4.67. The first kappa shape index (κ1) is 18.4. The van der Waals surface area contributed by atoms with Crippen LogP contribution in [0.25, 0.3) is 5.69 Å². The van der Waals surface area contributed by atoms with Crippen molar-refractivity contribution in [3.8, 4) is 5.69 Å². The standard InChI is InChI=1S/C17H23ClN4O2S/c1-4-20-9-11-21(12-10-20)25(23,24)17-13(2)19-22(14(17)3)16-7-5-15(18)6-8-16/h5-8H,4,9-12H2,1-3H3. The summed E-state index contributed by atoms with van der Waals surface area (Å²) in [5.41, 5.74) is 1.94. The maximum absolute atomic E-state index is 13.2. The minimum Gasteiger partial charge on any atom is -0.301 e. The quantitative estimate of drug-likeness (QED) is 0.815. The number of benzene rings is 1. The number of aryl methyl sites for hydroxylation is 1. The van der Waals surface area contributed by atoms with Crippen LogP contribution in [0.2, 0.25) is 5.02 Å². The van der Waals surface area contributed by atoms with Gasteiger partial charge in [0.15, 0.2) is 0 Å². The van der Waals surface area contributed by atoms with E-state index >= 15 is 0 Å². The fourth-order valence-electron chi connectivity index (χ4n) is 3.25. The van der Waals surface area contributed by atoms with Gasteiger partial charge in [-0.15, -0.1) is 0 Å². The number of piperazine rings is 1. The molecule has 0 unspecified atom stereocenters. The van der Waals surface area contributed by atoms with Gasteiger partial charge in [-0.05, 0) is 44.7 Å². The molecule has 1 aromatic carbocycles. The van der Waals surface area contributed by atoms with E-state index in [1.165, 1.54) is 0 Å². The Hall–Kier alpha value is -1.41. The van der Waals surface area contributed by atoms with Gasteiger partial charge in [0.25, 0.3) is 0 Å². The first-order valence-electron chi connectivity index (χ1n) is 8.39. The minimum atomic E-state index is -3.55. The molecule has 0 bridgehead atoms. The number of hydrogen-bond donors (Lipinski definition) is 0. The number of rotatable bonds is 4. The molecule has 0 N–H and O–H groups in total. The van der Waals surface area contributed by atoms with Crippen LogP contribution in [0.5, 0.6) is 0 Å². The number of likely N-dealkylation sites (N-methyl/N-ethyl adjacent to an activating group) is 1. The summed E-state index contributed by atoms with van der Waals surface area (Å²) in [6, 6.07) is 7.20. The highest BCUT2D eigenvalue weighted by Gasteiger charge is 2.33. The molecule has 1 aromatic heterocycles. The Bertz CT molecular complexity index is 854. The van der Waals surface area contributed by atoms with Crippen LogP contribution in [0.1, 0.15) is 18.3 Å². The number of nitrogens with zero attached hydrogens (tertiary/aromatic N) is 4. The zero-order valence-electron chi connectivity index (χ0n) is 14.7. The topological polar surface area (TPSA) is 58.4 Å². The Morgan fingerprint density at radius 3 is 2.24 bits per heavy atom. The van der Waals surface area contributed by atoms with Crippen LogP contribution in [0.3, 0.4) is 0 Å². The highest BCUT2D eigenvalue weighted by Crippen LogP contribution is 2.26. The SMILES string of the molecule is CCN1CCN(S(=O)(=O)c2c(C)nn(-c3ccc(Cl)cc3)c2C)CC1. The molecule has 136 valence electrons. The molecule has 1 aliphatic heterocycles. The number of sulfonamides is 1. The number of aromatic nitrogens is 2. The molecule has 2 aromatic rings. The first-order valence-corrected chi connectivity index (χ1v) is 10.2. The van der Waals surface area contributed by atoms with E-state index in [2.05, 4.69) is 16.9 Å². The fraction of sp³-hybridized carbons (Fsp3) is 0.471. The van der Waals surface area contributed by atoms with E-state index in [0.717, 1.165) is 25.3 Å². The Morgan fingerprint density at radius 2 is 1.68 bits per heavy atom. The zero-order valence-corrected chi connectivity index (χ0v) is 16.3. The summed E-state index contributed by atoms with van der Waals surface area (Å²) in [5.74, 6) is 0. The molecule has 3 rings (SSSR count). The van der Waals surface area contributed by atoms with Crippen molar-refractivity contribution in [2.24, 2.45) is 0 Å². The Kier molecular flexibility index (Phi) is 5.20. The van der Waals surface area contributed by atoms with Crippen LogP contribution in [0.15, 0.2) is 29.2 Å². The van der Waals surface area contributed by atoms with Crippen LogP contribution < -0.4 is 0 Å². The molecule has 0 amide bonds. The van der Waals surface area contributed by atoms with Gasteiger partial charge in [0.1, 0.15) is 4.90 Å². The molecular weight excluding hydrogens is 360 g/mol. The molecule has 8 heteroatoms. The number of hydrogen-bond acceptors (Lipinski definition) is 4. The molecule has 0 saturated carbocycles. The van der Waals surface area contributed by atoms with Crippen molar-refractivity contribution in [3.63, 3.8) is 0 Å². The lowest BCUT2D eigenvalue weighted by atomic mass is 10.3. The maximum Gasteiger partial charge on any atom is 0.246 e. The number of halogens is 1. The van der Waals surface area contributed by atoms with Gasteiger partial charge in [-0.3, -0.25) is 0 Å². The lowest BCUT2D eigenvalue weighted by Gasteiger charge is -2.33. The van der Waals surface area contributed by atoms with Crippen molar-refractivity contribution in [2.45, 2.75) is 25.7 Å². The monoisotopic (exact) mass is 382 g/mol. The maximum atomic E-state index is 13.2. The van der Waals surface area contributed by atoms with E-state index in [0.29, 0.717) is 34.4 Å². The van der Waals surface area contributed by atoms with Gasteiger partial charge in [-0.1, -0.05) is 18.5 Å². The van der Waals surface area contributed by atoms with Crippen LogP contribution in [0, 0.1) is 13.8 Å². The summed E-state index contributed by atoms with van der Waals surface area (Å²) in [4.78, 5) is 2.57. The fourth-order valence-corrected chi connectivity index (χ4v) is 5.15. The lowest BCUT2D eigenvalue weighted by molar-refractivity contribution is 0.196. The summed E-state index contributed by atoms with van der Waals surface area (Å²) >= 11 is 5.94. The van der Waals surface area contributed by atoms with Crippen molar-refractivity contribution in [1.82, 2.24) is 19.0 Å². The normalized spacial score (nSPS) is 17.1. The highest BCUT2D eigenvalue weighted by atomic mass is 35.5. The molecule has 1 aliphatic rings. The second kappa shape index (κ2) is 7.07. The van der Waals surface area contributed by atoms with Gasteiger partial charge in [0.2, 0.25) is 10.0 Å². The largest absolute Gasteiger partial charge is 0.301 e. The average molecular weight is 383 g/mol. The van der Waals surface area contributed by atoms with E-state index in [4.69, 9.17) is 11.6 Å². The average Bonchev–Trinajstić information content (AvgIpc) is 2.90. The smallest absolute Gasteiger partial charge is 0.246 e. The first-order chi connectivity index (χ1) is 11.8. The third kappa shape index (κ3) is 3.46. The highest BCUT2D eigenvalue weighted by molar-refractivity contribution is 7.89. The third-order valence-corrected chi connectivity index (χ3v) is 7.08. The molecule has 1 saturated heterocycles. The van der Waals surface area contributed by atoms with Crippen LogP contribution >= 0.6 is 11.6 Å². The van der Waals surface area contributed by atoms with E-state index in [1.54, 1.807) is 35.0 Å². The summed E-state index contributed by atoms with van der Waals surface area (Å²) in [7, 11) is -3.55. The van der Waals surface area contributed by atoms with Crippen molar-refractivity contribution in [3.05, 3.63) is 40.7 Å². The van der Waals surface area contributed by atoms with Crippen molar-refractivity contribution < 1.29 is 8.42 Å². The summed E-state index contributed by atoms with van der Waals surface area (Å²) < 4.78 is 29.6. The molecule has 2 heterocycles. The summed E-state index contributed by atoms with van der Waals surface area (Å²) in [5, 5.41) is 5.09. The molecule has 0 aliphatic carbocycles. The van der Waals surface area contributed by atoms with E-state index in [-0.39, 0.29) is 0 Å². The predicted molar refractivity (Wildman–Crippen MR) is 98.9 cm³/mol. The van der Waals surface area contributed by atoms with Gasteiger partial charge >= 0.3 is 0 Å². The van der Waals surface area contributed by atoms with Gasteiger partial charge in [0.05, 0.1) is 17.1 Å². The van der Waals surface area contributed by atoms with Crippen molar-refractivity contribution in [2.75, 3.05) is 32.7 Å². The van der Waals surface area contributed by atoms with E-state index in [1.807, 2.05) is 12.1 Å². The Balaban J connectivity index is 1.96. The minimum absolute atomic E-state index is 0.312. The lowest BCUT2D eigenvalue weighted by Crippen LogP contribution is -2.48. The van der Waals surface area contributed by atoms with Crippen LogP contribution in [-0.4, -0.2) is 60.1 Å². The van der Waals surface area contributed by atoms with Gasteiger partial charge in [-0.25, -0.2) is 13.1 Å². The summed E-state index contributed by atoms with van der Waals surface area (Å²) in [6.45, 7) is 9.13.